The summed E-state index contributed by atoms with van der Waals surface area (Å²) in [5.41, 5.74) is 6.07. The van der Waals surface area contributed by atoms with Crippen molar-refractivity contribution in [1.82, 2.24) is 14.5 Å². The molecular weight excluding hydrogens is 230 g/mol. The van der Waals surface area contributed by atoms with E-state index in [0.717, 1.165) is 0 Å². The molecule has 8 heteroatoms. The predicted octanol–water partition coefficient (Wildman–Crippen LogP) is -0.135. The summed E-state index contributed by atoms with van der Waals surface area (Å²) in [6.45, 7) is 3.80. The number of hydrogen-bond acceptors (Lipinski definition) is 4. The summed E-state index contributed by atoms with van der Waals surface area (Å²) in [4.78, 5) is 0. The molecule has 0 spiro atoms. The molecule has 0 unspecified atom stereocenters. The fraction of sp³-hybridized carbons (Fsp3) is 0.625. The van der Waals surface area contributed by atoms with Gasteiger partial charge in [0.2, 0.25) is 0 Å². The van der Waals surface area contributed by atoms with Gasteiger partial charge in [-0.05, 0) is 13.8 Å². The number of nitrogens with two attached hydrogens (primary N) is 1. The maximum Gasteiger partial charge on any atom is 0.302 e. The number of nitrogens with one attached hydrogen (secondary N) is 2. The first-order valence-corrected chi connectivity index (χ1v) is 6.30. The molecule has 0 fully saturated rings. The highest BCUT2D eigenvalue weighted by atomic mass is 32.2. The second-order valence-electron chi connectivity index (χ2n) is 3.69. The van der Waals surface area contributed by atoms with Crippen LogP contribution in [0.2, 0.25) is 0 Å². The largest absolute Gasteiger partial charge is 0.326 e. The lowest BCUT2D eigenvalue weighted by atomic mass is 10.3. The van der Waals surface area contributed by atoms with Crippen LogP contribution in [0.25, 0.3) is 0 Å². The van der Waals surface area contributed by atoms with Gasteiger partial charge in [0.05, 0.1) is 6.20 Å². The van der Waals surface area contributed by atoms with E-state index in [1.165, 1.54) is 17.5 Å². The highest BCUT2D eigenvalue weighted by molar-refractivity contribution is 7.90. The molecule has 0 aliphatic heterocycles. The third kappa shape index (κ3) is 2.71. The molecule has 92 valence electrons. The Morgan fingerprint density at radius 3 is 2.75 bits per heavy atom. The normalized spacial score (nSPS) is 12.4. The van der Waals surface area contributed by atoms with Gasteiger partial charge in [0, 0.05) is 25.2 Å². The highest BCUT2D eigenvalue weighted by Gasteiger charge is 2.21. The molecule has 7 nitrogen and oxygen atoms in total. The Balaban J connectivity index is 2.89. The fourth-order valence-corrected chi connectivity index (χ4v) is 2.17. The van der Waals surface area contributed by atoms with Crippen LogP contribution in [0.4, 0.5) is 5.82 Å². The van der Waals surface area contributed by atoms with E-state index in [0.29, 0.717) is 11.4 Å². The maximum atomic E-state index is 11.8. The van der Waals surface area contributed by atoms with Crippen molar-refractivity contribution >= 4 is 16.0 Å². The summed E-state index contributed by atoms with van der Waals surface area (Å²) in [6.07, 6.45) is 1.49. The number of nitrogens with zero attached hydrogens (tertiary/aromatic N) is 2. The van der Waals surface area contributed by atoms with Gasteiger partial charge in [0.15, 0.2) is 0 Å². The molecule has 1 rings (SSSR count). The summed E-state index contributed by atoms with van der Waals surface area (Å²) >= 11 is 0. The van der Waals surface area contributed by atoms with E-state index in [1.54, 1.807) is 13.8 Å². The summed E-state index contributed by atoms with van der Waals surface area (Å²) in [6, 6.07) is -0.123. The number of aromatic amines is 1. The lowest BCUT2D eigenvalue weighted by Crippen LogP contribution is -2.37. The van der Waals surface area contributed by atoms with E-state index >= 15 is 0 Å². The van der Waals surface area contributed by atoms with Crippen molar-refractivity contribution in [2.24, 2.45) is 5.73 Å². The van der Waals surface area contributed by atoms with Crippen molar-refractivity contribution in [2.75, 3.05) is 11.8 Å². The van der Waals surface area contributed by atoms with Crippen LogP contribution in [-0.2, 0) is 16.8 Å². The minimum Gasteiger partial charge on any atom is -0.326 e. The number of aromatic nitrogens is 2. The lowest BCUT2D eigenvalue weighted by Gasteiger charge is -2.21. The zero-order valence-electron chi connectivity index (χ0n) is 9.56. The molecule has 0 amide bonds. The van der Waals surface area contributed by atoms with Crippen molar-refractivity contribution in [1.29, 1.82) is 0 Å². The van der Waals surface area contributed by atoms with Gasteiger partial charge in [0.25, 0.3) is 0 Å². The molecular formula is C8H17N5O2S. The van der Waals surface area contributed by atoms with E-state index in [4.69, 9.17) is 5.73 Å². The number of hydrogen-bond donors (Lipinski definition) is 3. The van der Waals surface area contributed by atoms with E-state index in [9.17, 15) is 8.42 Å². The highest BCUT2D eigenvalue weighted by Crippen LogP contribution is 2.14. The molecule has 0 saturated carbocycles. The van der Waals surface area contributed by atoms with Crippen LogP contribution in [0.15, 0.2) is 6.20 Å². The van der Waals surface area contributed by atoms with E-state index in [-0.39, 0.29) is 12.6 Å². The van der Waals surface area contributed by atoms with E-state index < -0.39 is 10.2 Å². The van der Waals surface area contributed by atoms with Gasteiger partial charge in [-0.15, -0.1) is 0 Å². The number of anilines is 1. The Hall–Kier alpha value is -1.12. The lowest BCUT2D eigenvalue weighted by molar-refractivity contribution is 0.414. The molecule has 4 N–H and O–H groups in total. The van der Waals surface area contributed by atoms with Gasteiger partial charge in [-0.1, -0.05) is 0 Å². The molecule has 16 heavy (non-hydrogen) atoms. The number of rotatable bonds is 5. The first-order valence-electron chi connectivity index (χ1n) is 4.86. The summed E-state index contributed by atoms with van der Waals surface area (Å²) in [7, 11) is -2.05. The minimum absolute atomic E-state index is 0.123. The minimum atomic E-state index is -3.56. The first kappa shape index (κ1) is 12.9. The molecule has 1 aromatic heterocycles. The van der Waals surface area contributed by atoms with Gasteiger partial charge in [0.1, 0.15) is 5.82 Å². The third-order valence-corrected chi connectivity index (χ3v) is 3.92. The molecule has 0 aliphatic carbocycles. The van der Waals surface area contributed by atoms with Crippen LogP contribution in [0.1, 0.15) is 19.4 Å². The van der Waals surface area contributed by atoms with E-state index in [2.05, 4.69) is 14.9 Å². The van der Waals surface area contributed by atoms with Gasteiger partial charge in [-0.3, -0.25) is 9.82 Å². The molecule has 0 saturated heterocycles. The topological polar surface area (TPSA) is 104 Å². The predicted molar refractivity (Wildman–Crippen MR) is 61.9 cm³/mol. The van der Waals surface area contributed by atoms with Crippen molar-refractivity contribution in [3.8, 4) is 0 Å². The summed E-state index contributed by atoms with van der Waals surface area (Å²) in [5.74, 6) is 0.315. The zero-order chi connectivity index (χ0) is 12.3. The van der Waals surface area contributed by atoms with Crippen molar-refractivity contribution in [2.45, 2.75) is 26.4 Å². The smallest absolute Gasteiger partial charge is 0.302 e. The van der Waals surface area contributed by atoms with Crippen molar-refractivity contribution < 1.29 is 8.42 Å². The van der Waals surface area contributed by atoms with Crippen LogP contribution in [0.3, 0.4) is 0 Å². The van der Waals surface area contributed by atoms with Gasteiger partial charge < -0.3 is 5.73 Å². The molecule has 0 bridgehead atoms. The molecule has 1 heterocycles. The van der Waals surface area contributed by atoms with Gasteiger partial charge in [-0.2, -0.15) is 17.8 Å². The second kappa shape index (κ2) is 4.81. The van der Waals surface area contributed by atoms with Crippen molar-refractivity contribution in [3.63, 3.8) is 0 Å². The van der Waals surface area contributed by atoms with Crippen LogP contribution < -0.4 is 10.5 Å². The molecule has 0 atom stereocenters. The average molecular weight is 247 g/mol. The van der Waals surface area contributed by atoms with Crippen molar-refractivity contribution in [3.05, 3.63) is 11.8 Å². The molecule has 0 aliphatic rings. The Morgan fingerprint density at radius 1 is 1.62 bits per heavy atom. The molecule has 0 aromatic carbocycles. The van der Waals surface area contributed by atoms with Gasteiger partial charge in [-0.25, -0.2) is 0 Å². The maximum absolute atomic E-state index is 11.8. The first-order chi connectivity index (χ1) is 7.38. The van der Waals surface area contributed by atoms with Crippen LogP contribution in [-0.4, -0.2) is 36.0 Å². The SMILES string of the molecule is CC(C)N(C)S(=O)(=O)Nc1[nH]ncc1CN. The monoisotopic (exact) mass is 247 g/mol. The Morgan fingerprint density at radius 2 is 2.25 bits per heavy atom. The quantitative estimate of drug-likeness (QED) is 0.674. The van der Waals surface area contributed by atoms with E-state index in [1.807, 2.05) is 0 Å². The average Bonchev–Trinajstić information content (AvgIpc) is 2.63. The van der Waals surface area contributed by atoms with Gasteiger partial charge >= 0.3 is 10.2 Å². The standard InChI is InChI=1S/C8H17N5O2S/c1-6(2)13(3)16(14,15)12-8-7(4-9)5-10-11-8/h5-6H,4,9H2,1-3H3,(H2,10,11,12). The van der Waals surface area contributed by atoms with Crippen LogP contribution in [0.5, 0.6) is 0 Å². The Bertz CT molecular complexity index is 439. The summed E-state index contributed by atoms with van der Waals surface area (Å²) < 4.78 is 27.3. The number of H-pyrrole nitrogens is 1. The zero-order valence-corrected chi connectivity index (χ0v) is 10.4. The molecule has 0 radical (unpaired) electrons. The Labute approximate surface area is 95.2 Å². The Kier molecular flexibility index (Phi) is 3.89. The van der Waals surface area contributed by atoms with Crippen LogP contribution >= 0.6 is 0 Å². The molecule has 1 aromatic rings. The fourth-order valence-electron chi connectivity index (χ4n) is 1.03. The second-order valence-corrected chi connectivity index (χ2v) is 5.42. The summed E-state index contributed by atoms with van der Waals surface area (Å²) in [5, 5.41) is 6.29. The third-order valence-electron chi connectivity index (χ3n) is 2.28. The van der Waals surface area contributed by atoms with Crippen LogP contribution in [0, 0.1) is 0 Å².